The van der Waals surface area contributed by atoms with Crippen molar-refractivity contribution in [3.63, 3.8) is 0 Å². The molecule has 0 bridgehead atoms. The Kier molecular flexibility index (Phi) is 7.08. The molecule has 0 saturated heterocycles. The second-order valence-electron chi connectivity index (χ2n) is 8.61. The van der Waals surface area contributed by atoms with Crippen LogP contribution in [0.2, 0.25) is 5.02 Å². The number of fused-ring (bicyclic) bond motifs is 1. The monoisotopic (exact) mass is 525 g/mol. The van der Waals surface area contributed by atoms with E-state index >= 15 is 4.39 Å². The molecule has 4 aromatic rings. The van der Waals surface area contributed by atoms with Gasteiger partial charge in [-0.05, 0) is 50.8 Å². The minimum atomic E-state index is -2.58. The molecule has 36 heavy (non-hydrogen) atoms. The predicted octanol–water partition coefficient (Wildman–Crippen LogP) is 6.61. The quantitative estimate of drug-likeness (QED) is 0.285. The van der Waals surface area contributed by atoms with Crippen LogP contribution in [0.3, 0.4) is 0 Å². The third-order valence-corrected chi connectivity index (χ3v) is 8.98. The number of anilines is 1. The molecule has 1 aromatic carbocycles. The van der Waals surface area contributed by atoms with Crippen molar-refractivity contribution < 1.29 is 13.3 Å². The number of nitrogens with one attached hydrogen (secondary N) is 1. The van der Waals surface area contributed by atoms with Gasteiger partial charge < -0.3 is 9.88 Å². The number of rotatable bonds is 6. The van der Waals surface area contributed by atoms with Crippen LogP contribution in [0.25, 0.3) is 22.3 Å². The van der Waals surface area contributed by atoms with Crippen LogP contribution in [-0.2, 0) is 4.57 Å². The van der Waals surface area contributed by atoms with E-state index in [1.807, 2.05) is 13.0 Å². The zero-order chi connectivity index (χ0) is 26.2. The van der Waals surface area contributed by atoms with Gasteiger partial charge in [0.15, 0.2) is 5.82 Å². The number of nitriles is 1. The van der Waals surface area contributed by atoms with Gasteiger partial charge in [0.2, 0.25) is 0 Å². The Labute approximate surface area is 212 Å². The molecule has 184 valence electrons. The van der Waals surface area contributed by atoms with E-state index in [-0.39, 0.29) is 21.8 Å². The summed E-state index contributed by atoms with van der Waals surface area (Å²) in [6, 6.07) is 10.0. The first kappa shape index (κ1) is 25.7. The van der Waals surface area contributed by atoms with E-state index in [9.17, 15) is 14.2 Å². The maximum Gasteiger partial charge on any atom is 0.151 e. The first-order valence-electron chi connectivity index (χ1n) is 11.2. The van der Waals surface area contributed by atoms with Crippen molar-refractivity contribution in [3.05, 3.63) is 76.1 Å². The van der Waals surface area contributed by atoms with Gasteiger partial charge in [-0.15, -0.1) is 0 Å². The van der Waals surface area contributed by atoms with Crippen molar-refractivity contribution in [2.24, 2.45) is 0 Å². The van der Waals surface area contributed by atoms with E-state index in [2.05, 4.69) is 20.3 Å². The second kappa shape index (κ2) is 9.93. The molecular formula is C26H23ClF2N5OP. The van der Waals surface area contributed by atoms with E-state index in [1.165, 1.54) is 30.5 Å². The number of aryl methyl sites for hydroxylation is 1. The Hall–Kier alpha value is -3.40. The van der Waals surface area contributed by atoms with Gasteiger partial charge in [0.25, 0.3) is 0 Å². The number of aromatic nitrogens is 3. The summed E-state index contributed by atoms with van der Waals surface area (Å²) in [4.78, 5) is 13.2. The molecule has 0 spiro atoms. The smallest absolute Gasteiger partial charge is 0.151 e. The Balaban J connectivity index is 1.83. The summed E-state index contributed by atoms with van der Waals surface area (Å²) in [5, 5.41) is 12.6. The zero-order valence-corrected chi connectivity index (χ0v) is 21.8. The summed E-state index contributed by atoms with van der Waals surface area (Å²) in [5.74, 6) is -1.08. The molecule has 0 unspecified atom stereocenters. The third kappa shape index (κ3) is 4.82. The van der Waals surface area contributed by atoms with Crippen molar-refractivity contribution in [2.75, 3.05) is 18.1 Å². The molecule has 0 radical (unpaired) electrons. The largest absolute Gasteiger partial charge is 0.375 e. The number of pyridine rings is 3. The van der Waals surface area contributed by atoms with Gasteiger partial charge >= 0.3 is 0 Å². The van der Waals surface area contributed by atoms with Crippen molar-refractivity contribution in [3.8, 4) is 17.3 Å². The molecule has 0 fully saturated rings. The van der Waals surface area contributed by atoms with Crippen molar-refractivity contribution in [1.82, 2.24) is 15.0 Å². The Morgan fingerprint density at radius 2 is 1.92 bits per heavy atom. The van der Waals surface area contributed by atoms with Crippen LogP contribution in [0.1, 0.15) is 36.7 Å². The summed E-state index contributed by atoms with van der Waals surface area (Å²) in [6.07, 6.45) is 1.91. The number of halogens is 3. The van der Waals surface area contributed by atoms with E-state index in [0.29, 0.717) is 39.6 Å². The van der Waals surface area contributed by atoms with Crippen LogP contribution in [0, 0.1) is 29.9 Å². The van der Waals surface area contributed by atoms with E-state index in [0.717, 1.165) is 0 Å². The van der Waals surface area contributed by atoms with E-state index < -0.39 is 24.8 Å². The average molecular weight is 526 g/mol. The van der Waals surface area contributed by atoms with Crippen LogP contribution in [0.15, 0.2) is 42.6 Å². The van der Waals surface area contributed by atoms with Crippen LogP contribution < -0.4 is 10.8 Å². The van der Waals surface area contributed by atoms with Crippen LogP contribution >= 0.6 is 18.7 Å². The summed E-state index contributed by atoms with van der Waals surface area (Å²) in [5.41, 5.74) is 2.86. The van der Waals surface area contributed by atoms with Gasteiger partial charge in [-0.1, -0.05) is 18.5 Å². The molecule has 0 amide bonds. The molecular weight excluding hydrogens is 503 g/mol. The lowest BCUT2D eigenvalue weighted by Crippen LogP contribution is -2.12. The van der Waals surface area contributed by atoms with Crippen LogP contribution in [-0.4, -0.2) is 27.8 Å². The molecule has 0 aliphatic rings. The van der Waals surface area contributed by atoms with Crippen molar-refractivity contribution in [1.29, 1.82) is 5.26 Å². The lowest BCUT2D eigenvalue weighted by atomic mass is 10.0. The van der Waals surface area contributed by atoms with Crippen LogP contribution in [0.5, 0.6) is 0 Å². The van der Waals surface area contributed by atoms with E-state index in [4.69, 9.17) is 11.6 Å². The third-order valence-electron chi connectivity index (χ3n) is 6.08. The molecule has 1 N–H and O–H groups in total. The Bertz CT molecular complexity index is 1570. The molecule has 3 heterocycles. The highest BCUT2D eigenvalue weighted by molar-refractivity contribution is 7.70. The summed E-state index contributed by atoms with van der Waals surface area (Å²) < 4.78 is 42.3. The molecule has 0 saturated carbocycles. The number of hydrogen-bond donors (Lipinski definition) is 1. The number of nitrogens with zero attached hydrogens (tertiary/aromatic N) is 4. The highest BCUT2D eigenvalue weighted by atomic mass is 35.5. The number of hydrogen-bond acceptors (Lipinski definition) is 6. The molecule has 10 heteroatoms. The van der Waals surface area contributed by atoms with Crippen molar-refractivity contribution >= 4 is 40.9 Å². The maximum absolute atomic E-state index is 15.1. The minimum absolute atomic E-state index is 0.0269. The maximum atomic E-state index is 15.1. The topological polar surface area (TPSA) is 91.6 Å². The fraction of sp³-hybridized carbons (Fsp3) is 0.231. The Morgan fingerprint density at radius 3 is 2.56 bits per heavy atom. The Morgan fingerprint density at radius 1 is 1.17 bits per heavy atom. The zero-order valence-electron chi connectivity index (χ0n) is 20.1. The molecule has 3 aromatic heterocycles. The van der Waals surface area contributed by atoms with Gasteiger partial charge in [0, 0.05) is 29.6 Å². The lowest BCUT2D eigenvalue weighted by Gasteiger charge is -2.20. The molecule has 0 aliphatic heterocycles. The predicted molar refractivity (Wildman–Crippen MR) is 139 cm³/mol. The van der Waals surface area contributed by atoms with Gasteiger partial charge in [-0.2, -0.15) is 5.26 Å². The number of benzene rings is 1. The van der Waals surface area contributed by atoms with Gasteiger partial charge in [0.05, 0.1) is 45.0 Å². The molecule has 2 atom stereocenters. The summed E-state index contributed by atoms with van der Waals surface area (Å²) in [7, 11) is -2.58. The van der Waals surface area contributed by atoms with E-state index in [1.54, 1.807) is 32.6 Å². The first-order valence-corrected chi connectivity index (χ1v) is 13.9. The molecule has 0 aliphatic carbocycles. The summed E-state index contributed by atoms with van der Waals surface area (Å²) in [6.45, 7) is 6.90. The standard InChI is InChI=1S/C26H23ClF2N5OP/c1-5-36(4,35)22-9-7-17(13-31-22)24-20(29)11-21-25(34-24)26(23(27)15(3)32-21)33-14(2)18-10-16(12-30)6-8-19(18)28/h6-11,13-14H,5H2,1-4H3,(H,32,33)/t14-,36+/m1/s1. The fourth-order valence-electron chi connectivity index (χ4n) is 3.80. The molecule has 4 rings (SSSR count). The van der Waals surface area contributed by atoms with Crippen LogP contribution in [0.4, 0.5) is 14.5 Å². The minimum Gasteiger partial charge on any atom is -0.375 e. The second-order valence-corrected chi connectivity index (χ2v) is 12.3. The van der Waals surface area contributed by atoms with Gasteiger partial charge in [-0.25, -0.2) is 18.7 Å². The lowest BCUT2D eigenvalue weighted by molar-refractivity contribution is 0.585. The normalized spacial score (nSPS) is 13.7. The van der Waals surface area contributed by atoms with Crippen molar-refractivity contribution in [2.45, 2.75) is 26.8 Å². The molecule has 6 nitrogen and oxygen atoms in total. The average Bonchev–Trinajstić information content (AvgIpc) is 2.86. The highest BCUT2D eigenvalue weighted by Gasteiger charge is 2.21. The SMILES string of the molecule is CC[P@](C)(=O)c1ccc(-c2nc3c(N[C@H](C)c4cc(C#N)ccc4F)c(Cl)c(C)nc3cc2F)cn1. The highest BCUT2D eigenvalue weighted by Crippen LogP contribution is 2.39. The first-order chi connectivity index (χ1) is 17.1. The fourth-order valence-corrected chi connectivity index (χ4v) is 5.01. The summed E-state index contributed by atoms with van der Waals surface area (Å²) >= 11 is 6.58. The van der Waals surface area contributed by atoms with Gasteiger partial charge in [-0.3, -0.25) is 4.98 Å². The van der Waals surface area contributed by atoms with Gasteiger partial charge in [0.1, 0.15) is 24.2 Å².